The number of unbranched alkanes of at least 4 members (excludes halogenated alkanes) is 2. The summed E-state index contributed by atoms with van der Waals surface area (Å²) in [6.45, 7) is 11.7. The number of carbonyl (C=O) groups excluding carboxylic acids is 2. The molecule has 0 aromatic heterocycles. The molecule has 1 N–H and O–H groups in total. The van der Waals surface area contributed by atoms with E-state index >= 15 is 0 Å². The van der Waals surface area contributed by atoms with Crippen molar-refractivity contribution in [1.82, 2.24) is 4.90 Å². The van der Waals surface area contributed by atoms with E-state index in [1.54, 1.807) is 4.90 Å². The first kappa shape index (κ1) is 21.9. The van der Waals surface area contributed by atoms with Crippen LogP contribution >= 0.6 is 0 Å². The third-order valence-electron chi connectivity index (χ3n) is 2.68. The molecule has 136 valence electrons. The van der Waals surface area contributed by atoms with E-state index in [2.05, 4.69) is 0 Å². The Balaban J connectivity index is 4.55. The molecular formula is C17H33NO5. The SMILES string of the molecule is CC(C)(C)OC(=O)CN(CCCCCO)CC(=O)OC(C)(C)C. The molecule has 6 heteroatoms. The number of aliphatic hydroxyl groups is 1. The summed E-state index contributed by atoms with van der Waals surface area (Å²) in [6, 6.07) is 0. The van der Waals surface area contributed by atoms with Crippen molar-refractivity contribution >= 4 is 11.9 Å². The second kappa shape index (κ2) is 9.88. The van der Waals surface area contributed by atoms with Gasteiger partial charge in [-0.3, -0.25) is 14.5 Å². The summed E-state index contributed by atoms with van der Waals surface area (Å²) in [5.74, 6) is -0.716. The summed E-state index contributed by atoms with van der Waals surface area (Å²) >= 11 is 0. The molecule has 0 heterocycles. The summed E-state index contributed by atoms with van der Waals surface area (Å²) in [4.78, 5) is 25.7. The minimum absolute atomic E-state index is 0.0512. The number of rotatable bonds is 9. The van der Waals surface area contributed by atoms with Crippen molar-refractivity contribution in [1.29, 1.82) is 0 Å². The van der Waals surface area contributed by atoms with Gasteiger partial charge in [0.05, 0.1) is 13.1 Å². The van der Waals surface area contributed by atoms with Crippen LogP contribution in [0.1, 0.15) is 60.8 Å². The molecule has 0 spiro atoms. The fraction of sp³-hybridized carbons (Fsp3) is 0.882. The highest BCUT2D eigenvalue weighted by Crippen LogP contribution is 2.10. The van der Waals surface area contributed by atoms with E-state index in [9.17, 15) is 9.59 Å². The Morgan fingerprint density at radius 3 is 1.61 bits per heavy atom. The topological polar surface area (TPSA) is 76.1 Å². The van der Waals surface area contributed by atoms with E-state index < -0.39 is 11.2 Å². The van der Waals surface area contributed by atoms with E-state index in [4.69, 9.17) is 14.6 Å². The van der Waals surface area contributed by atoms with Gasteiger partial charge in [-0.15, -0.1) is 0 Å². The molecule has 0 fully saturated rings. The highest BCUT2D eigenvalue weighted by molar-refractivity contribution is 5.75. The summed E-state index contributed by atoms with van der Waals surface area (Å²) in [7, 11) is 0. The molecule has 0 aliphatic carbocycles. The summed E-state index contributed by atoms with van der Waals surface area (Å²) in [5, 5.41) is 8.82. The van der Waals surface area contributed by atoms with Crippen molar-refractivity contribution in [2.24, 2.45) is 0 Å². The molecule has 0 radical (unpaired) electrons. The number of aliphatic hydroxyl groups excluding tert-OH is 1. The lowest BCUT2D eigenvalue weighted by atomic mass is 10.2. The molecule has 0 atom stereocenters. The van der Waals surface area contributed by atoms with Crippen LogP contribution in [0.2, 0.25) is 0 Å². The fourth-order valence-corrected chi connectivity index (χ4v) is 1.95. The van der Waals surface area contributed by atoms with Crippen LogP contribution in [0.25, 0.3) is 0 Å². The van der Waals surface area contributed by atoms with Crippen molar-refractivity contribution in [2.75, 3.05) is 26.2 Å². The zero-order valence-corrected chi connectivity index (χ0v) is 15.5. The molecule has 0 amide bonds. The summed E-state index contributed by atoms with van der Waals surface area (Å²) in [5.41, 5.74) is -1.10. The van der Waals surface area contributed by atoms with Gasteiger partial charge in [-0.2, -0.15) is 0 Å². The Kier molecular flexibility index (Phi) is 9.39. The monoisotopic (exact) mass is 331 g/mol. The van der Waals surface area contributed by atoms with Crippen LogP contribution in [-0.2, 0) is 19.1 Å². The lowest BCUT2D eigenvalue weighted by Crippen LogP contribution is -2.40. The molecule has 0 aromatic carbocycles. The van der Waals surface area contributed by atoms with Gasteiger partial charge in [-0.05, 0) is 67.3 Å². The Hall–Kier alpha value is -1.14. The molecule has 0 saturated carbocycles. The van der Waals surface area contributed by atoms with E-state index in [0.717, 1.165) is 12.8 Å². The number of hydrogen-bond acceptors (Lipinski definition) is 6. The standard InChI is InChI=1S/C17H33NO5/c1-16(2,3)22-14(20)12-18(10-8-7-9-11-19)13-15(21)23-17(4,5)6/h19H,7-13H2,1-6H3. The molecular weight excluding hydrogens is 298 g/mol. The van der Waals surface area contributed by atoms with Gasteiger partial charge >= 0.3 is 11.9 Å². The van der Waals surface area contributed by atoms with E-state index in [1.807, 2.05) is 41.5 Å². The van der Waals surface area contributed by atoms with Crippen LogP contribution in [0.15, 0.2) is 0 Å². The first-order valence-electron chi connectivity index (χ1n) is 8.20. The predicted molar refractivity (Wildman–Crippen MR) is 89.1 cm³/mol. The number of nitrogens with zero attached hydrogens (tertiary/aromatic N) is 1. The molecule has 0 aromatic rings. The van der Waals surface area contributed by atoms with Crippen LogP contribution in [-0.4, -0.2) is 59.4 Å². The number of ether oxygens (including phenoxy) is 2. The smallest absolute Gasteiger partial charge is 0.320 e. The maximum atomic E-state index is 12.0. The molecule has 0 bridgehead atoms. The maximum absolute atomic E-state index is 12.0. The average Bonchev–Trinajstić information content (AvgIpc) is 2.29. The molecule has 0 rings (SSSR count). The number of esters is 2. The van der Waals surface area contributed by atoms with Gasteiger partial charge in [0.25, 0.3) is 0 Å². The Bertz CT molecular complexity index is 338. The molecule has 0 unspecified atom stereocenters. The highest BCUT2D eigenvalue weighted by Gasteiger charge is 2.23. The largest absolute Gasteiger partial charge is 0.459 e. The van der Waals surface area contributed by atoms with Crippen molar-refractivity contribution in [3.63, 3.8) is 0 Å². The van der Waals surface area contributed by atoms with Gasteiger partial charge in [0, 0.05) is 6.61 Å². The third kappa shape index (κ3) is 14.2. The average molecular weight is 331 g/mol. The first-order valence-corrected chi connectivity index (χ1v) is 8.20. The van der Waals surface area contributed by atoms with Crippen LogP contribution in [0.3, 0.4) is 0 Å². The highest BCUT2D eigenvalue weighted by atomic mass is 16.6. The van der Waals surface area contributed by atoms with Gasteiger partial charge in [-0.1, -0.05) is 0 Å². The van der Waals surface area contributed by atoms with Gasteiger partial charge < -0.3 is 14.6 Å². The van der Waals surface area contributed by atoms with E-state index in [0.29, 0.717) is 13.0 Å². The summed E-state index contributed by atoms with van der Waals surface area (Å²) < 4.78 is 10.6. The van der Waals surface area contributed by atoms with Crippen molar-refractivity contribution < 1.29 is 24.2 Å². The van der Waals surface area contributed by atoms with Crippen LogP contribution in [0, 0.1) is 0 Å². The van der Waals surface area contributed by atoms with Gasteiger partial charge in [0.2, 0.25) is 0 Å². The number of carbonyl (C=O) groups is 2. The fourth-order valence-electron chi connectivity index (χ4n) is 1.95. The zero-order chi connectivity index (χ0) is 18.1. The van der Waals surface area contributed by atoms with Crippen molar-refractivity contribution in [2.45, 2.75) is 72.0 Å². The molecule has 23 heavy (non-hydrogen) atoms. The van der Waals surface area contributed by atoms with E-state index in [-0.39, 0.29) is 31.6 Å². The Morgan fingerprint density at radius 1 is 0.826 bits per heavy atom. The van der Waals surface area contributed by atoms with Crippen LogP contribution in [0.4, 0.5) is 0 Å². The first-order chi connectivity index (χ1) is 10.4. The van der Waals surface area contributed by atoms with Crippen LogP contribution < -0.4 is 0 Å². The van der Waals surface area contributed by atoms with Crippen molar-refractivity contribution in [3.05, 3.63) is 0 Å². The van der Waals surface area contributed by atoms with Crippen LogP contribution in [0.5, 0.6) is 0 Å². The maximum Gasteiger partial charge on any atom is 0.320 e. The van der Waals surface area contributed by atoms with E-state index in [1.165, 1.54) is 0 Å². The lowest BCUT2D eigenvalue weighted by Gasteiger charge is -2.26. The van der Waals surface area contributed by atoms with Gasteiger partial charge in [-0.25, -0.2) is 0 Å². The van der Waals surface area contributed by atoms with Gasteiger partial charge in [0.15, 0.2) is 0 Å². The predicted octanol–water partition coefficient (Wildman–Crippen LogP) is 2.13. The summed E-state index contributed by atoms with van der Waals surface area (Å²) in [6.07, 6.45) is 2.36. The minimum atomic E-state index is -0.550. The Morgan fingerprint density at radius 2 is 1.26 bits per heavy atom. The normalized spacial score (nSPS) is 12.3. The third-order valence-corrected chi connectivity index (χ3v) is 2.68. The molecule has 6 nitrogen and oxygen atoms in total. The quantitative estimate of drug-likeness (QED) is 0.515. The van der Waals surface area contributed by atoms with Gasteiger partial charge in [0.1, 0.15) is 11.2 Å². The molecule has 0 aliphatic rings. The number of hydrogen-bond donors (Lipinski definition) is 1. The minimum Gasteiger partial charge on any atom is -0.459 e. The molecule has 0 aliphatic heterocycles. The van der Waals surface area contributed by atoms with Crippen molar-refractivity contribution in [3.8, 4) is 0 Å². The zero-order valence-electron chi connectivity index (χ0n) is 15.5. The second-order valence-corrected chi connectivity index (χ2v) is 7.67. The lowest BCUT2D eigenvalue weighted by molar-refractivity contribution is -0.159. The molecule has 0 saturated heterocycles. The second-order valence-electron chi connectivity index (χ2n) is 7.67. The Labute approximate surface area is 140 Å².